The summed E-state index contributed by atoms with van der Waals surface area (Å²) in [5, 5.41) is 6.31. The SMILES string of the molecule is CC(C)CC(=O)N1CCC(NC(=O)[C@H]2NCCO[C@@H]2C)CC1.Cl. The number of rotatable bonds is 4. The summed E-state index contributed by atoms with van der Waals surface area (Å²) in [5.74, 6) is 0.638. The summed E-state index contributed by atoms with van der Waals surface area (Å²) in [5.41, 5.74) is 0. The highest BCUT2D eigenvalue weighted by atomic mass is 35.5. The van der Waals surface area contributed by atoms with Crippen LogP contribution in [0.3, 0.4) is 0 Å². The summed E-state index contributed by atoms with van der Waals surface area (Å²) in [4.78, 5) is 26.3. The average molecular weight is 348 g/mol. The lowest BCUT2D eigenvalue weighted by Crippen LogP contribution is -2.58. The van der Waals surface area contributed by atoms with Crippen LogP contribution >= 0.6 is 12.4 Å². The van der Waals surface area contributed by atoms with E-state index < -0.39 is 0 Å². The van der Waals surface area contributed by atoms with Crippen molar-refractivity contribution >= 4 is 24.2 Å². The molecule has 2 aliphatic rings. The zero-order valence-electron chi connectivity index (χ0n) is 14.3. The predicted octanol–water partition coefficient (Wildman–Crippen LogP) is 0.938. The maximum absolute atomic E-state index is 12.3. The van der Waals surface area contributed by atoms with E-state index in [1.165, 1.54) is 0 Å². The van der Waals surface area contributed by atoms with Crippen LogP contribution in [-0.4, -0.2) is 61.1 Å². The molecule has 6 nitrogen and oxygen atoms in total. The highest BCUT2D eigenvalue weighted by Gasteiger charge is 2.31. The smallest absolute Gasteiger partial charge is 0.240 e. The monoisotopic (exact) mass is 347 g/mol. The molecule has 0 aliphatic carbocycles. The molecule has 0 aromatic carbocycles. The van der Waals surface area contributed by atoms with Gasteiger partial charge in [-0.05, 0) is 25.7 Å². The molecule has 2 aliphatic heterocycles. The first-order valence-corrected chi connectivity index (χ1v) is 8.40. The third kappa shape index (κ3) is 5.94. The van der Waals surface area contributed by atoms with Crippen molar-refractivity contribution < 1.29 is 14.3 Å². The van der Waals surface area contributed by atoms with Crippen LogP contribution in [0.1, 0.15) is 40.0 Å². The van der Waals surface area contributed by atoms with Gasteiger partial charge in [0.25, 0.3) is 0 Å². The number of likely N-dealkylation sites (tertiary alicyclic amines) is 1. The molecule has 7 heteroatoms. The van der Waals surface area contributed by atoms with Crippen LogP contribution in [0.15, 0.2) is 0 Å². The summed E-state index contributed by atoms with van der Waals surface area (Å²) in [6.07, 6.45) is 2.17. The lowest BCUT2D eigenvalue weighted by Gasteiger charge is -2.35. The molecule has 2 amide bonds. The second kappa shape index (κ2) is 9.45. The molecule has 0 unspecified atom stereocenters. The fraction of sp³-hybridized carbons (Fsp3) is 0.875. The molecule has 0 aromatic rings. The molecule has 2 atom stereocenters. The van der Waals surface area contributed by atoms with Crippen molar-refractivity contribution in [3.05, 3.63) is 0 Å². The quantitative estimate of drug-likeness (QED) is 0.794. The highest BCUT2D eigenvalue weighted by Crippen LogP contribution is 2.14. The minimum absolute atomic E-state index is 0. The summed E-state index contributed by atoms with van der Waals surface area (Å²) >= 11 is 0. The van der Waals surface area contributed by atoms with Crippen molar-refractivity contribution in [3.63, 3.8) is 0 Å². The van der Waals surface area contributed by atoms with Crippen LogP contribution in [0.2, 0.25) is 0 Å². The number of nitrogens with one attached hydrogen (secondary N) is 2. The van der Waals surface area contributed by atoms with E-state index in [9.17, 15) is 9.59 Å². The van der Waals surface area contributed by atoms with Gasteiger partial charge < -0.3 is 20.3 Å². The number of piperidine rings is 1. The van der Waals surface area contributed by atoms with E-state index in [0.29, 0.717) is 25.5 Å². The number of amides is 2. The number of carbonyl (C=O) groups is 2. The number of carbonyl (C=O) groups excluding carboxylic acids is 2. The maximum Gasteiger partial charge on any atom is 0.240 e. The molecule has 23 heavy (non-hydrogen) atoms. The van der Waals surface area contributed by atoms with Gasteiger partial charge in [0.1, 0.15) is 6.04 Å². The van der Waals surface area contributed by atoms with E-state index in [0.717, 1.165) is 25.9 Å². The van der Waals surface area contributed by atoms with Crippen molar-refractivity contribution in [1.82, 2.24) is 15.5 Å². The van der Waals surface area contributed by atoms with Crippen LogP contribution in [0.25, 0.3) is 0 Å². The van der Waals surface area contributed by atoms with Gasteiger partial charge in [0.05, 0.1) is 12.7 Å². The maximum atomic E-state index is 12.3. The number of ether oxygens (including phenoxy) is 1. The molecule has 0 spiro atoms. The molecule has 2 fully saturated rings. The Morgan fingerprint density at radius 2 is 1.96 bits per heavy atom. The van der Waals surface area contributed by atoms with Gasteiger partial charge in [-0.1, -0.05) is 13.8 Å². The summed E-state index contributed by atoms with van der Waals surface area (Å²) < 4.78 is 5.51. The summed E-state index contributed by atoms with van der Waals surface area (Å²) in [6.45, 7) is 8.88. The minimum Gasteiger partial charge on any atom is -0.375 e. The Kier molecular flexibility index (Phi) is 8.29. The molecule has 134 valence electrons. The second-order valence-corrected chi connectivity index (χ2v) is 6.77. The first-order chi connectivity index (χ1) is 10.5. The molecule has 2 saturated heterocycles. The zero-order chi connectivity index (χ0) is 16.1. The summed E-state index contributed by atoms with van der Waals surface area (Å²) in [7, 11) is 0. The fourth-order valence-electron chi connectivity index (χ4n) is 3.07. The Labute approximate surface area is 145 Å². The topological polar surface area (TPSA) is 70.7 Å². The Balaban J connectivity index is 0.00000264. The van der Waals surface area contributed by atoms with Crippen LogP contribution < -0.4 is 10.6 Å². The van der Waals surface area contributed by atoms with E-state index >= 15 is 0 Å². The molecular weight excluding hydrogens is 318 g/mol. The Morgan fingerprint density at radius 1 is 1.30 bits per heavy atom. The lowest BCUT2D eigenvalue weighted by atomic mass is 10.0. The fourth-order valence-corrected chi connectivity index (χ4v) is 3.07. The van der Waals surface area contributed by atoms with Gasteiger partial charge in [-0.3, -0.25) is 9.59 Å². The van der Waals surface area contributed by atoms with Crippen LogP contribution in [0, 0.1) is 5.92 Å². The van der Waals surface area contributed by atoms with Crippen LogP contribution in [-0.2, 0) is 14.3 Å². The van der Waals surface area contributed by atoms with Crippen molar-refractivity contribution in [3.8, 4) is 0 Å². The van der Waals surface area contributed by atoms with Gasteiger partial charge in [0, 0.05) is 32.1 Å². The molecule has 0 bridgehead atoms. The van der Waals surface area contributed by atoms with Crippen molar-refractivity contribution in [1.29, 1.82) is 0 Å². The van der Waals surface area contributed by atoms with E-state index in [2.05, 4.69) is 24.5 Å². The van der Waals surface area contributed by atoms with Gasteiger partial charge in [-0.2, -0.15) is 0 Å². The Bertz CT molecular complexity index is 398. The van der Waals surface area contributed by atoms with E-state index in [1.54, 1.807) is 0 Å². The lowest BCUT2D eigenvalue weighted by molar-refractivity contribution is -0.133. The first-order valence-electron chi connectivity index (χ1n) is 8.40. The van der Waals surface area contributed by atoms with Gasteiger partial charge in [-0.25, -0.2) is 0 Å². The average Bonchev–Trinajstić information content (AvgIpc) is 2.47. The third-order valence-electron chi connectivity index (χ3n) is 4.38. The number of halogens is 1. The highest BCUT2D eigenvalue weighted by molar-refractivity contribution is 5.85. The second-order valence-electron chi connectivity index (χ2n) is 6.77. The van der Waals surface area contributed by atoms with E-state index in [4.69, 9.17) is 4.74 Å². The van der Waals surface area contributed by atoms with Gasteiger partial charge in [0.2, 0.25) is 11.8 Å². The Hall–Kier alpha value is -0.850. The van der Waals surface area contributed by atoms with Crippen LogP contribution in [0.5, 0.6) is 0 Å². The number of nitrogens with zero attached hydrogens (tertiary/aromatic N) is 1. The molecule has 0 radical (unpaired) electrons. The molecule has 2 N–H and O–H groups in total. The number of hydrogen-bond acceptors (Lipinski definition) is 4. The summed E-state index contributed by atoms with van der Waals surface area (Å²) in [6, 6.07) is -0.110. The predicted molar refractivity (Wildman–Crippen MR) is 91.7 cm³/mol. The Morgan fingerprint density at radius 3 is 2.52 bits per heavy atom. The number of morpholine rings is 1. The van der Waals surface area contributed by atoms with Gasteiger partial charge >= 0.3 is 0 Å². The van der Waals surface area contributed by atoms with Gasteiger partial charge in [0.15, 0.2) is 0 Å². The largest absolute Gasteiger partial charge is 0.375 e. The normalized spacial score (nSPS) is 25.8. The third-order valence-corrected chi connectivity index (χ3v) is 4.38. The minimum atomic E-state index is -0.269. The first kappa shape index (κ1) is 20.2. The van der Waals surface area contributed by atoms with E-state index in [-0.39, 0.29) is 42.4 Å². The standard InChI is InChI=1S/C16H29N3O3.ClH/c1-11(2)10-14(20)19-7-4-13(5-8-19)18-16(21)15-12(3)22-9-6-17-15;/h11-13,15,17H,4-10H2,1-3H3,(H,18,21);1H/t12-,15+;/m1./s1. The van der Waals surface area contributed by atoms with Crippen LogP contribution in [0.4, 0.5) is 0 Å². The van der Waals surface area contributed by atoms with Crippen molar-refractivity contribution in [2.24, 2.45) is 5.92 Å². The molecule has 2 heterocycles. The van der Waals surface area contributed by atoms with Crippen molar-refractivity contribution in [2.45, 2.75) is 58.2 Å². The van der Waals surface area contributed by atoms with E-state index in [1.807, 2.05) is 11.8 Å². The number of hydrogen-bond donors (Lipinski definition) is 2. The molecule has 0 aromatic heterocycles. The molecule has 2 rings (SSSR count). The van der Waals surface area contributed by atoms with Crippen molar-refractivity contribution in [2.75, 3.05) is 26.2 Å². The van der Waals surface area contributed by atoms with Gasteiger partial charge in [-0.15, -0.1) is 12.4 Å². The zero-order valence-corrected chi connectivity index (χ0v) is 15.2. The molecular formula is C16H30ClN3O3. The molecule has 0 saturated carbocycles.